The fraction of sp³-hybridized carbons (Fsp3) is 0.400. The van der Waals surface area contributed by atoms with Gasteiger partial charge in [-0.2, -0.15) is 23.1 Å². The lowest BCUT2D eigenvalue weighted by atomic mass is 9.95. The number of nitrogens with one attached hydrogen (secondary N) is 1. The molecule has 0 aliphatic carbocycles. The third-order valence-electron chi connectivity index (χ3n) is 7.11. The smallest absolute Gasteiger partial charge is 0.417 e. The molecule has 5 N–H and O–H groups in total. The van der Waals surface area contributed by atoms with Gasteiger partial charge >= 0.3 is 12.2 Å². The first kappa shape index (κ1) is 26.8. The van der Waals surface area contributed by atoms with Crippen LogP contribution in [-0.4, -0.2) is 69.7 Å². The van der Waals surface area contributed by atoms with E-state index in [9.17, 15) is 22.7 Å². The van der Waals surface area contributed by atoms with Gasteiger partial charge in [0.25, 0.3) is 0 Å². The van der Waals surface area contributed by atoms with E-state index in [2.05, 4.69) is 20.3 Å². The van der Waals surface area contributed by atoms with Crippen LogP contribution < -0.4 is 20.7 Å². The minimum absolute atomic E-state index is 0.0509. The first-order valence-corrected chi connectivity index (χ1v) is 13.2. The molecule has 2 fully saturated rings. The van der Waals surface area contributed by atoms with Crippen molar-refractivity contribution in [2.24, 2.45) is 0 Å². The summed E-state index contributed by atoms with van der Waals surface area (Å²) in [5, 5.41) is 22.0. The highest BCUT2D eigenvalue weighted by molar-refractivity contribution is 7.22. The van der Waals surface area contributed by atoms with Gasteiger partial charge in [0.2, 0.25) is 0 Å². The van der Waals surface area contributed by atoms with E-state index in [1.54, 1.807) is 4.90 Å². The second-order valence-corrected chi connectivity index (χ2v) is 10.9. The van der Waals surface area contributed by atoms with Crippen molar-refractivity contribution in [3.8, 4) is 17.1 Å². The highest BCUT2D eigenvalue weighted by atomic mass is 32.1. The molecule has 4 aromatic rings. The quantitative estimate of drug-likeness (QED) is 0.253. The number of nitrogen functional groups attached to an aromatic ring is 1. The Morgan fingerprint density at radius 3 is 2.52 bits per heavy atom. The van der Waals surface area contributed by atoms with Gasteiger partial charge in [-0.1, -0.05) is 11.3 Å². The number of hydrogen-bond donors (Lipinski definition) is 4. The van der Waals surface area contributed by atoms with Crippen molar-refractivity contribution in [3.05, 3.63) is 35.4 Å². The highest BCUT2D eigenvalue weighted by Gasteiger charge is 2.39. The molecule has 2 aliphatic rings. The molecule has 2 saturated heterocycles. The second-order valence-electron chi connectivity index (χ2n) is 9.85. The number of aliphatic hydroxyl groups excluding tert-OH is 2. The number of piperazine rings is 1. The Labute approximate surface area is 227 Å². The Morgan fingerprint density at radius 2 is 1.85 bits per heavy atom. The third kappa shape index (κ3) is 4.66. The average molecular weight is 583 g/mol. The van der Waals surface area contributed by atoms with E-state index < -0.39 is 53.8 Å². The Bertz CT molecular complexity index is 1600. The van der Waals surface area contributed by atoms with Gasteiger partial charge in [0.1, 0.15) is 29.9 Å². The van der Waals surface area contributed by atoms with Crippen molar-refractivity contribution in [2.75, 3.05) is 36.9 Å². The molecule has 40 heavy (non-hydrogen) atoms. The van der Waals surface area contributed by atoms with Crippen molar-refractivity contribution >= 4 is 43.4 Å². The number of ether oxygens (including phenoxy) is 1. The Balaban J connectivity index is 1.62. The maximum Gasteiger partial charge on any atom is 0.417 e. The zero-order valence-electron chi connectivity index (χ0n) is 20.7. The monoisotopic (exact) mass is 582 g/mol. The summed E-state index contributed by atoms with van der Waals surface area (Å²) in [5.74, 6) is -2.02. The summed E-state index contributed by atoms with van der Waals surface area (Å²) in [4.78, 5) is 14.2. The summed E-state index contributed by atoms with van der Waals surface area (Å²) in [6.45, 7) is -0.210. The molecule has 212 valence electrons. The summed E-state index contributed by atoms with van der Waals surface area (Å²) >= 11 is 0.737. The van der Waals surface area contributed by atoms with Gasteiger partial charge in [-0.3, -0.25) is 0 Å². The van der Waals surface area contributed by atoms with Gasteiger partial charge in [0.15, 0.2) is 10.9 Å². The predicted octanol–water partition coefficient (Wildman–Crippen LogP) is 3.46. The van der Waals surface area contributed by atoms with Gasteiger partial charge in [-0.15, -0.1) is 0 Å². The molecule has 2 aromatic heterocycles. The summed E-state index contributed by atoms with van der Waals surface area (Å²) in [7, 11) is 0. The number of aromatic nitrogens is 3. The van der Waals surface area contributed by atoms with E-state index >= 15 is 4.39 Å². The maximum absolute atomic E-state index is 16.4. The predicted molar refractivity (Wildman–Crippen MR) is 138 cm³/mol. The lowest BCUT2D eigenvalue weighted by Gasteiger charge is -2.34. The molecule has 4 heterocycles. The second kappa shape index (κ2) is 9.90. The number of fused-ring (bicyclic) bond motifs is 4. The zero-order chi connectivity index (χ0) is 28.3. The molecule has 9 nitrogen and oxygen atoms in total. The van der Waals surface area contributed by atoms with E-state index in [-0.39, 0.29) is 50.2 Å². The third-order valence-corrected chi connectivity index (χ3v) is 8.00. The number of benzene rings is 2. The normalized spacial score (nSPS) is 20.0. The topological polar surface area (TPSA) is 130 Å². The van der Waals surface area contributed by atoms with Crippen LogP contribution in [0, 0.1) is 11.6 Å². The Morgan fingerprint density at radius 1 is 1.12 bits per heavy atom. The summed E-state index contributed by atoms with van der Waals surface area (Å²) in [6, 6.07) is 2.54. The number of anilines is 2. The van der Waals surface area contributed by atoms with E-state index in [0.717, 1.165) is 42.4 Å². The molecule has 0 spiro atoms. The number of hydrogen-bond acceptors (Lipinski definition) is 10. The molecule has 0 radical (unpaired) electrons. The highest BCUT2D eigenvalue weighted by Crippen LogP contribution is 2.46. The summed E-state index contributed by atoms with van der Waals surface area (Å²) in [6.07, 6.45) is -4.54. The van der Waals surface area contributed by atoms with Crippen LogP contribution in [0.2, 0.25) is 0 Å². The Kier molecular flexibility index (Phi) is 6.64. The van der Waals surface area contributed by atoms with Crippen LogP contribution in [0.15, 0.2) is 18.2 Å². The molecule has 0 amide bonds. The van der Waals surface area contributed by atoms with Gasteiger partial charge in [-0.05, 0) is 31.0 Å². The molecular formula is C25H23F5N6O3S. The molecule has 15 heteroatoms. The van der Waals surface area contributed by atoms with E-state index in [4.69, 9.17) is 15.6 Å². The fourth-order valence-electron chi connectivity index (χ4n) is 5.37. The summed E-state index contributed by atoms with van der Waals surface area (Å²) in [5.41, 5.74) is 2.60. The minimum Gasteiger partial charge on any atom is -0.461 e. The van der Waals surface area contributed by atoms with Crippen LogP contribution in [0.3, 0.4) is 0 Å². The number of rotatable bonds is 6. The molecular weight excluding hydrogens is 559 g/mol. The van der Waals surface area contributed by atoms with Crippen molar-refractivity contribution in [3.63, 3.8) is 0 Å². The molecule has 3 atom stereocenters. The van der Waals surface area contributed by atoms with Crippen molar-refractivity contribution in [2.45, 2.75) is 37.2 Å². The maximum atomic E-state index is 16.4. The lowest BCUT2D eigenvalue weighted by Crippen LogP contribution is -2.51. The molecule has 6 rings (SSSR count). The number of halogens is 5. The SMILES string of the molecule is Nc1nc2c(-c3c(C(F)(F)F)cc4c(N5CC6CCC(C5)N6)nc(OCC(O)CO)nc4c3F)ccc(F)c2s1. The van der Waals surface area contributed by atoms with Crippen LogP contribution in [0.4, 0.5) is 32.9 Å². The number of nitrogens with zero attached hydrogens (tertiary/aromatic N) is 4. The van der Waals surface area contributed by atoms with Gasteiger partial charge < -0.3 is 30.9 Å². The zero-order valence-corrected chi connectivity index (χ0v) is 21.5. The first-order valence-electron chi connectivity index (χ1n) is 12.4. The van der Waals surface area contributed by atoms with Crippen LogP contribution in [0.1, 0.15) is 18.4 Å². The van der Waals surface area contributed by atoms with E-state index in [1.165, 1.54) is 0 Å². The van der Waals surface area contributed by atoms with Crippen LogP contribution >= 0.6 is 11.3 Å². The average Bonchev–Trinajstić information content (AvgIpc) is 3.48. The van der Waals surface area contributed by atoms with Gasteiger partial charge in [0.05, 0.1) is 22.4 Å². The minimum atomic E-state index is -5.01. The van der Waals surface area contributed by atoms with Crippen LogP contribution in [-0.2, 0) is 6.18 Å². The number of aliphatic hydroxyl groups is 2. The first-order chi connectivity index (χ1) is 19.0. The van der Waals surface area contributed by atoms with E-state index in [0.29, 0.717) is 13.1 Å². The van der Waals surface area contributed by atoms with Crippen LogP contribution in [0.5, 0.6) is 6.01 Å². The molecule has 2 aromatic carbocycles. The number of alkyl halides is 3. The van der Waals surface area contributed by atoms with Crippen molar-refractivity contribution in [1.29, 1.82) is 0 Å². The Hall–Kier alpha value is -3.40. The van der Waals surface area contributed by atoms with Crippen LogP contribution in [0.25, 0.3) is 32.2 Å². The van der Waals surface area contributed by atoms with Gasteiger partial charge in [0, 0.05) is 41.7 Å². The lowest BCUT2D eigenvalue weighted by molar-refractivity contribution is -0.137. The number of thiazole rings is 1. The summed E-state index contributed by atoms with van der Waals surface area (Å²) < 4.78 is 79.8. The molecule has 2 aliphatic heterocycles. The molecule has 2 bridgehead atoms. The molecule has 0 saturated carbocycles. The standard InChI is InChI=1S/C25H23F5N6O3S/c26-16-4-3-13(20-21(16)40-23(31)33-20)17-15(25(28,29)30)5-14-19(18(17)27)34-24(39-9-12(38)8-37)35-22(14)36-6-10-1-2-11(7-36)32-10/h3-5,10-12,32,37-38H,1-2,6-9H2,(H2,31,33). The van der Waals surface area contributed by atoms with Crippen molar-refractivity contribution in [1.82, 2.24) is 20.3 Å². The van der Waals surface area contributed by atoms with Crippen molar-refractivity contribution < 1.29 is 36.9 Å². The molecule has 3 unspecified atom stereocenters. The van der Waals surface area contributed by atoms with Gasteiger partial charge in [-0.25, -0.2) is 13.8 Å². The van der Waals surface area contributed by atoms with E-state index in [1.807, 2.05) is 0 Å². The largest absolute Gasteiger partial charge is 0.461 e. The fourth-order valence-corrected chi connectivity index (χ4v) is 6.13. The number of nitrogens with two attached hydrogens (primary N) is 1.